The molecule has 0 unspecified atom stereocenters. The number of para-hydroxylation sites is 1. The van der Waals surface area contributed by atoms with Gasteiger partial charge in [0.25, 0.3) is 10.0 Å². The Balaban J connectivity index is 2.39. The van der Waals surface area contributed by atoms with Crippen molar-refractivity contribution in [2.75, 3.05) is 0 Å². The Hall–Kier alpha value is -1.83. The minimum atomic E-state index is -4.00. The number of nitrogens with zero attached hydrogens (tertiary/aromatic N) is 1. The normalized spacial score (nSPS) is 11.8. The third-order valence-electron chi connectivity index (χ3n) is 3.65. The second-order valence-corrected chi connectivity index (χ2v) is 8.30. The minimum absolute atomic E-state index is 0.0828. The lowest BCUT2D eigenvalue weighted by molar-refractivity contribution is 0.0699. The van der Waals surface area contributed by atoms with E-state index in [1.165, 1.54) is 18.2 Å². The molecule has 0 atom stereocenters. The Kier molecular flexibility index (Phi) is 4.19. The highest BCUT2D eigenvalue weighted by molar-refractivity contribution is 9.10. The van der Waals surface area contributed by atoms with Gasteiger partial charge in [0, 0.05) is 16.1 Å². The summed E-state index contributed by atoms with van der Waals surface area (Å²) in [5.74, 6) is -1.22. The number of aromatic carboxylic acids is 1. The first-order valence-electron chi connectivity index (χ1n) is 6.78. The van der Waals surface area contributed by atoms with E-state index in [9.17, 15) is 18.3 Å². The van der Waals surface area contributed by atoms with Crippen LogP contribution in [0.5, 0.6) is 0 Å². The van der Waals surface area contributed by atoms with Gasteiger partial charge in [-0.3, -0.25) is 0 Å². The summed E-state index contributed by atoms with van der Waals surface area (Å²) in [5.41, 5.74) is 0.569. The molecule has 2 aromatic carbocycles. The summed E-state index contributed by atoms with van der Waals surface area (Å²) in [7, 11) is -4.00. The quantitative estimate of drug-likeness (QED) is 0.675. The first kappa shape index (κ1) is 17.0. The van der Waals surface area contributed by atoms with E-state index in [0.717, 1.165) is 14.6 Å². The highest BCUT2D eigenvalue weighted by Crippen LogP contribution is 2.32. The fourth-order valence-electron chi connectivity index (χ4n) is 2.58. The van der Waals surface area contributed by atoms with Crippen molar-refractivity contribution in [3.8, 4) is 0 Å². The predicted molar refractivity (Wildman–Crippen MR) is 95.4 cm³/mol. The fourth-order valence-corrected chi connectivity index (χ4v) is 4.97. The number of hydrogen-bond donors (Lipinski definition) is 1. The van der Waals surface area contributed by atoms with Crippen LogP contribution >= 0.6 is 27.5 Å². The van der Waals surface area contributed by atoms with Gasteiger partial charge in [0.2, 0.25) is 0 Å². The Bertz CT molecular complexity index is 1090. The topological polar surface area (TPSA) is 76.4 Å². The number of hydrogen-bond acceptors (Lipinski definition) is 3. The first-order valence-corrected chi connectivity index (χ1v) is 9.39. The largest absolute Gasteiger partial charge is 0.478 e. The monoisotopic (exact) mass is 427 g/mol. The molecule has 0 amide bonds. The molecule has 124 valence electrons. The molecule has 0 aliphatic rings. The number of rotatable bonds is 3. The van der Waals surface area contributed by atoms with E-state index >= 15 is 0 Å². The summed E-state index contributed by atoms with van der Waals surface area (Å²) in [5, 5.41) is 9.79. The van der Waals surface area contributed by atoms with Gasteiger partial charge < -0.3 is 5.11 Å². The number of fused-ring (bicyclic) bond motifs is 1. The summed E-state index contributed by atoms with van der Waals surface area (Å²) in [6.07, 6.45) is 1.09. The average Bonchev–Trinajstić information content (AvgIpc) is 2.88. The number of aryl methyl sites for hydroxylation is 1. The van der Waals surface area contributed by atoms with E-state index in [0.29, 0.717) is 5.56 Å². The van der Waals surface area contributed by atoms with Crippen LogP contribution in [0.15, 0.2) is 52.0 Å². The zero-order valence-corrected chi connectivity index (χ0v) is 15.5. The first-order chi connectivity index (χ1) is 11.2. The molecule has 3 rings (SSSR count). The number of benzene rings is 2. The molecule has 0 spiro atoms. The van der Waals surface area contributed by atoms with E-state index in [1.54, 1.807) is 25.1 Å². The van der Waals surface area contributed by atoms with Crippen LogP contribution in [0.4, 0.5) is 0 Å². The Morgan fingerprint density at radius 1 is 1.25 bits per heavy atom. The van der Waals surface area contributed by atoms with Gasteiger partial charge in [0.05, 0.1) is 21.0 Å². The van der Waals surface area contributed by atoms with E-state index in [2.05, 4.69) is 15.9 Å². The van der Waals surface area contributed by atoms with Crippen molar-refractivity contribution in [1.29, 1.82) is 0 Å². The van der Waals surface area contributed by atoms with Gasteiger partial charge >= 0.3 is 5.97 Å². The molecule has 0 fully saturated rings. The van der Waals surface area contributed by atoms with Gasteiger partial charge in [-0.05, 0) is 36.8 Å². The van der Waals surface area contributed by atoms with Crippen molar-refractivity contribution < 1.29 is 18.3 Å². The van der Waals surface area contributed by atoms with E-state index in [1.807, 2.05) is 0 Å². The molecular weight excluding hydrogens is 418 g/mol. The predicted octanol–water partition coefficient (Wildman–Crippen LogP) is 4.30. The van der Waals surface area contributed by atoms with Crippen LogP contribution < -0.4 is 0 Å². The lowest BCUT2D eigenvalue weighted by Crippen LogP contribution is -2.13. The lowest BCUT2D eigenvalue weighted by atomic mass is 10.2. The van der Waals surface area contributed by atoms with Gasteiger partial charge in [-0.15, -0.1) is 0 Å². The highest BCUT2D eigenvalue weighted by Gasteiger charge is 2.26. The number of carboxylic acids is 1. The average molecular weight is 429 g/mol. The van der Waals surface area contributed by atoms with Crippen molar-refractivity contribution in [3.05, 3.63) is 63.2 Å². The van der Waals surface area contributed by atoms with Crippen LogP contribution in [0.1, 0.15) is 15.9 Å². The molecule has 0 saturated heterocycles. The molecule has 1 heterocycles. The summed E-state index contributed by atoms with van der Waals surface area (Å²) >= 11 is 9.45. The van der Waals surface area contributed by atoms with E-state index in [-0.39, 0.29) is 26.4 Å². The smallest absolute Gasteiger partial charge is 0.337 e. The van der Waals surface area contributed by atoms with Crippen LogP contribution in [0.25, 0.3) is 10.9 Å². The van der Waals surface area contributed by atoms with Gasteiger partial charge in [-0.1, -0.05) is 39.7 Å². The third kappa shape index (κ3) is 2.62. The van der Waals surface area contributed by atoms with E-state index in [4.69, 9.17) is 11.6 Å². The molecule has 0 aliphatic carbocycles. The third-order valence-corrected chi connectivity index (χ3v) is 6.27. The summed E-state index contributed by atoms with van der Waals surface area (Å²) in [6.45, 7) is 1.67. The molecular formula is C16H11BrClNO4S. The lowest BCUT2D eigenvalue weighted by Gasteiger charge is -2.11. The van der Waals surface area contributed by atoms with Crippen molar-refractivity contribution in [2.24, 2.45) is 0 Å². The second kappa shape index (κ2) is 5.91. The van der Waals surface area contributed by atoms with Crippen molar-refractivity contribution in [2.45, 2.75) is 11.8 Å². The maximum atomic E-state index is 13.1. The van der Waals surface area contributed by atoms with Crippen LogP contribution in [0, 0.1) is 6.92 Å². The SMILES string of the molecule is Cc1cc(Br)ccc1S(=O)(=O)n1cc(C(=O)O)c2cccc(Cl)c21. The summed E-state index contributed by atoms with van der Waals surface area (Å²) < 4.78 is 27.8. The van der Waals surface area contributed by atoms with Crippen molar-refractivity contribution in [1.82, 2.24) is 3.97 Å². The van der Waals surface area contributed by atoms with Gasteiger partial charge in [0.1, 0.15) is 0 Å². The molecule has 1 aromatic heterocycles. The number of carboxylic acid groups (broad SMARTS) is 1. The van der Waals surface area contributed by atoms with Gasteiger partial charge in [-0.25, -0.2) is 17.2 Å². The molecule has 0 aliphatic heterocycles. The number of aromatic nitrogens is 1. The molecule has 0 bridgehead atoms. The molecule has 3 aromatic rings. The zero-order valence-electron chi connectivity index (χ0n) is 12.3. The summed E-state index contributed by atoms with van der Waals surface area (Å²) in [6, 6.07) is 9.40. The molecule has 0 radical (unpaired) electrons. The minimum Gasteiger partial charge on any atom is -0.478 e. The maximum absolute atomic E-state index is 13.1. The van der Waals surface area contributed by atoms with E-state index < -0.39 is 16.0 Å². The molecule has 24 heavy (non-hydrogen) atoms. The number of carbonyl (C=O) groups is 1. The Morgan fingerprint density at radius 2 is 1.96 bits per heavy atom. The molecule has 1 N–H and O–H groups in total. The van der Waals surface area contributed by atoms with Crippen LogP contribution in [-0.2, 0) is 10.0 Å². The highest BCUT2D eigenvalue weighted by atomic mass is 79.9. The fraction of sp³-hybridized carbons (Fsp3) is 0.0625. The number of halogens is 2. The van der Waals surface area contributed by atoms with Gasteiger partial charge in [-0.2, -0.15) is 0 Å². The Labute approximate surface area is 151 Å². The summed E-state index contributed by atoms with van der Waals surface area (Å²) in [4.78, 5) is 11.5. The maximum Gasteiger partial charge on any atom is 0.337 e. The van der Waals surface area contributed by atoms with Crippen LogP contribution in [0.3, 0.4) is 0 Å². The van der Waals surface area contributed by atoms with Crippen LogP contribution in [-0.4, -0.2) is 23.5 Å². The molecule has 8 heteroatoms. The Morgan fingerprint density at radius 3 is 2.58 bits per heavy atom. The van der Waals surface area contributed by atoms with Gasteiger partial charge in [0.15, 0.2) is 0 Å². The second-order valence-electron chi connectivity index (χ2n) is 5.19. The van der Waals surface area contributed by atoms with Crippen LogP contribution in [0.2, 0.25) is 5.02 Å². The standard InChI is InChI=1S/C16H11BrClNO4S/c1-9-7-10(17)5-6-14(9)24(22,23)19-8-12(16(20)21)11-3-2-4-13(18)15(11)19/h2-8H,1H3,(H,20,21). The molecule has 0 saturated carbocycles. The molecule has 5 nitrogen and oxygen atoms in total. The van der Waals surface area contributed by atoms with Crippen molar-refractivity contribution >= 4 is 54.4 Å². The van der Waals surface area contributed by atoms with Crippen molar-refractivity contribution in [3.63, 3.8) is 0 Å². The zero-order chi connectivity index (χ0) is 17.6.